The van der Waals surface area contributed by atoms with Crippen LogP contribution in [0.25, 0.3) is 11.1 Å². The van der Waals surface area contributed by atoms with Crippen LogP contribution in [0.3, 0.4) is 0 Å². The molecule has 0 amide bonds. The topological polar surface area (TPSA) is 52.2 Å². The zero-order valence-corrected chi connectivity index (χ0v) is 8.87. The molecule has 1 heterocycles. The fourth-order valence-electron chi connectivity index (χ4n) is 1.26. The highest BCUT2D eigenvalue weighted by Gasteiger charge is 2.08. The fourth-order valence-corrected chi connectivity index (χ4v) is 1.50. The number of carbonyl (C=O) groups is 1. The molecule has 0 spiro atoms. The summed E-state index contributed by atoms with van der Waals surface area (Å²) in [5.74, 6) is -0.431. The summed E-state index contributed by atoms with van der Waals surface area (Å²) in [5.41, 5.74) is 1.56. The summed E-state index contributed by atoms with van der Waals surface area (Å²) in [7, 11) is 1.61. The molecule has 0 fully saturated rings. The SMILES string of the molecule is Cn1c(=O)oc2cc(C(=O)Br)ccc21. The number of carbonyl (C=O) groups excluding carboxylic acids is 1. The van der Waals surface area contributed by atoms with Gasteiger partial charge in [0.15, 0.2) is 5.58 Å². The van der Waals surface area contributed by atoms with E-state index in [9.17, 15) is 9.59 Å². The highest BCUT2D eigenvalue weighted by atomic mass is 79.9. The van der Waals surface area contributed by atoms with E-state index in [1.54, 1.807) is 19.2 Å². The molecule has 0 aliphatic carbocycles. The van der Waals surface area contributed by atoms with Crippen LogP contribution >= 0.6 is 15.9 Å². The third kappa shape index (κ3) is 1.29. The Morgan fingerprint density at radius 2 is 2.21 bits per heavy atom. The lowest BCUT2D eigenvalue weighted by Crippen LogP contribution is -2.08. The molecule has 4 nitrogen and oxygen atoms in total. The summed E-state index contributed by atoms with van der Waals surface area (Å²) in [5, 5.41) is 0. The normalized spacial score (nSPS) is 10.7. The predicted molar refractivity (Wildman–Crippen MR) is 54.7 cm³/mol. The van der Waals surface area contributed by atoms with Crippen LogP contribution in [0.4, 0.5) is 0 Å². The van der Waals surface area contributed by atoms with E-state index < -0.39 is 5.76 Å². The minimum atomic E-state index is -0.431. The van der Waals surface area contributed by atoms with E-state index in [1.807, 2.05) is 0 Å². The van der Waals surface area contributed by atoms with Gasteiger partial charge in [-0.05, 0) is 34.1 Å². The van der Waals surface area contributed by atoms with Gasteiger partial charge in [-0.2, -0.15) is 0 Å². The largest absolute Gasteiger partial charge is 0.419 e. The maximum atomic E-state index is 11.1. The first-order chi connectivity index (χ1) is 6.59. The number of oxazole rings is 1. The molecule has 0 N–H and O–H groups in total. The van der Waals surface area contributed by atoms with Crippen molar-refractivity contribution in [3.8, 4) is 0 Å². The predicted octanol–water partition coefficient (Wildman–Crippen LogP) is 1.67. The summed E-state index contributed by atoms with van der Waals surface area (Å²) in [4.78, 5) is 22.1. The van der Waals surface area contributed by atoms with Crippen molar-refractivity contribution < 1.29 is 9.21 Å². The van der Waals surface area contributed by atoms with E-state index in [1.165, 1.54) is 10.6 Å². The van der Waals surface area contributed by atoms with Crippen molar-refractivity contribution in [2.75, 3.05) is 0 Å². The van der Waals surface area contributed by atoms with Crippen molar-refractivity contribution in [2.24, 2.45) is 7.05 Å². The van der Waals surface area contributed by atoms with E-state index in [-0.39, 0.29) is 4.69 Å². The van der Waals surface area contributed by atoms with Crippen molar-refractivity contribution >= 4 is 31.7 Å². The molecule has 0 unspecified atom stereocenters. The van der Waals surface area contributed by atoms with Crippen LogP contribution in [0.2, 0.25) is 0 Å². The molecule has 2 aromatic rings. The zero-order valence-electron chi connectivity index (χ0n) is 7.28. The summed E-state index contributed by atoms with van der Waals surface area (Å²) in [6, 6.07) is 4.84. The molecule has 0 bridgehead atoms. The smallest absolute Gasteiger partial charge is 0.408 e. The number of fused-ring (bicyclic) bond motifs is 1. The van der Waals surface area contributed by atoms with Gasteiger partial charge in [-0.3, -0.25) is 9.36 Å². The Hall–Kier alpha value is -1.36. The molecule has 0 radical (unpaired) electrons. The molecule has 5 heteroatoms. The molecule has 1 aromatic carbocycles. The molecule has 2 rings (SSSR count). The van der Waals surface area contributed by atoms with Gasteiger partial charge < -0.3 is 4.42 Å². The quantitative estimate of drug-likeness (QED) is 0.729. The lowest BCUT2D eigenvalue weighted by Gasteiger charge is -1.93. The lowest BCUT2D eigenvalue weighted by atomic mass is 10.2. The maximum absolute atomic E-state index is 11.1. The average Bonchev–Trinajstić information content (AvgIpc) is 2.42. The Bertz CT molecular complexity index is 567. The van der Waals surface area contributed by atoms with Crippen molar-refractivity contribution in [1.29, 1.82) is 0 Å². The first-order valence-corrected chi connectivity index (χ1v) is 4.68. The highest BCUT2D eigenvalue weighted by molar-refractivity contribution is 9.18. The second kappa shape index (κ2) is 3.09. The van der Waals surface area contributed by atoms with Gasteiger partial charge >= 0.3 is 5.76 Å². The number of aromatic nitrogens is 1. The third-order valence-corrected chi connectivity index (χ3v) is 2.48. The Kier molecular flexibility index (Phi) is 2.03. The lowest BCUT2D eigenvalue weighted by molar-refractivity contribution is 0.109. The van der Waals surface area contributed by atoms with Crippen LogP contribution in [0.1, 0.15) is 10.4 Å². The van der Waals surface area contributed by atoms with E-state index in [4.69, 9.17) is 4.42 Å². The monoisotopic (exact) mass is 255 g/mol. The Morgan fingerprint density at radius 1 is 1.50 bits per heavy atom. The van der Waals surface area contributed by atoms with Gasteiger partial charge in [0.2, 0.25) is 4.69 Å². The first kappa shape index (κ1) is 9.21. The van der Waals surface area contributed by atoms with Crippen molar-refractivity contribution in [3.05, 3.63) is 34.3 Å². The zero-order chi connectivity index (χ0) is 10.3. The van der Waals surface area contributed by atoms with Crippen LogP contribution in [0.5, 0.6) is 0 Å². The van der Waals surface area contributed by atoms with Gasteiger partial charge in [-0.1, -0.05) is 0 Å². The summed E-state index contributed by atoms with van der Waals surface area (Å²) < 4.78 is 6.08. The molecular weight excluding hydrogens is 250 g/mol. The molecule has 1 aromatic heterocycles. The second-order valence-corrected chi connectivity index (χ2v) is 3.60. The van der Waals surface area contributed by atoms with E-state index in [0.29, 0.717) is 16.7 Å². The minimum Gasteiger partial charge on any atom is -0.408 e. The molecule has 0 atom stereocenters. The molecule has 0 aliphatic heterocycles. The number of aryl methyl sites for hydroxylation is 1. The van der Waals surface area contributed by atoms with Crippen LogP contribution in [-0.4, -0.2) is 9.26 Å². The molecule has 14 heavy (non-hydrogen) atoms. The standard InChI is InChI=1S/C9H6BrNO3/c1-11-6-3-2-5(8(10)12)4-7(6)14-9(11)13/h2-4H,1H3. The molecule has 0 aliphatic rings. The number of hydrogen-bond acceptors (Lipinski definition) is 3. The molecular formula is C9H6BrNO3. The number of halogens is 1. The maximum Gasteiger partial charge on any atom is 0.419 e. The van der Waals surface area contributed by atoms with Gasteiger partial charge in [0, 0.05) is 12.6 Å². The van der Waals surface area contributed by atoms with Gasteiger partial charge in [-0.25, -0.2) is 4.79 Å². The van der Waals surface area contributed by atoms with Crippen molar-refractivity contribution in [2.45, 2.75) is 0 Å². The van der Waals surface area contributed by atoms with Gasteiger partial charge in [0.05, 0.1) is 5.52 Å². The number of hydrogen-bond donors (Lipinski definition) is 0. The average molecular weight is 256 g/mol. The second-order valence-electron chi connectivity index (χ2n) is 2.88. The summed E-state index contributed by atoms with van der Waals surface area (Å²) >= 11 is 2.83. The van der Waals surface area contributed by atoms with Gasteiger partial charge in [0.1, 0.15) is 0 Å². The van der Waals surface area contributed by atoms with E-state index >= 15 is 0 Å². The summed E-state index contributed by atoms with van der Waals surface area (Å²) in [6.45, 7) is 0. The van der Waals surface area contributed by atoms with E-state index in [0.717, 1.165) is 0 Å². The number of rotatable bonds is 1. The van der Waals surface area contributed by atoms with Crippen molar-refractivity contribution in [3.63, 3.8) is 0 Å². The number of benzene rings is 1. The van der Waals surface area contributed by atoms with Crippen LogP contribution in [0.15, 0.2) is 27.4 Å². The highest BCUT2D eigenvalue weighted by Crippen LogP contribution is 2.15. The molecule has 0 saturated heterocycles. The first-order valence-electron chi connectivity index (χ1n) is 3.89. The van der Waals surface area contributed by atoms with Crippen LogP contribution in [0, 0.1) is 0 Å². The van der Waals surface area contributed by atoms with Crippen LogP contribution < -0.4 is 5.76 Å². The van der Waals surface area contributed by atoms with Crippen LogP contribution in [-0.2, 0) is 7.05 Å². The molecule has 0 saturated carbocycles. The summed E-state index contributed by atoms with van der Waals surface area (Å²) in [6.07, 6.45) is 0. The Labute approximate surface area is 87.3 Å². The number of nitrogens with zero attached hydrogens (tertiary/aromatic N) is 1. The van der Waals surface area contributed by atoms with E-state index in [2.05, 4.69) is 15.9 Å². The fraction of sp³-hybridized carbons (Fsp3) is 0.111. The van der Waals surface area contributed by atoms with Gasteiger partial charge in [-0.15, -0.1) is 0 Å². The van der Waals surface area contributed by atoms with Gasteiger partial charge in [0.25, 0.3) is 0 Å². The van der Waals surface area contributed by atoms with Crippen molar-refractivity contribution in [1.82, 2.24) is 4.57 Å². The Balaban J connectivity index is 2.80. The Morgan fingerprint density at radius 3 is 2.86 bits per heavy atom. The third-order valence-electron chi connectivity index (χ3n) is 2.02. The molecule has 72 valence electrons. The minimum absolute atomic E-state index is 0.231.